The zero-order chi connectivity index (χ0) is 17.3. The van der Waals surface area contributed by atoms with Gasteiger partial charge in [-0.3, -0.25) is 19.7 Å². The molecule has 1 amide bonds. The summed E-state index contributed by atoms with van der Waals surface area (Å²) in [7, 11) is 0. The van der Waals surface area contributed by atoms with Crippen molar-refractivity contribution in [3.8, 4) is 5.75 Å². The van der Waals surface area contributed by atoms with Crippen LogP contribution < -0.4 is 10.6 Å². The van der Waals surface area contributed by atoms with Crippen molar-refractivity contribution < 1.29 is 19.6 Å². The summed E-state index contributed by atoms with van der Waals surface area (Å²) < 4.78 is 0. The van der Waals surface area contributed by atoms with Gasteiger partial charge in [0.1, 0.15) is 5.75 Å². The Labute approximate surface area is 136 Å². The molecular weight excluding hydrogens is 314 g/mol. The van der Waals surface area contributed by atoms with Crippen molar-refractivity contribution in [1.29, 1.82) is 0 Å². The second kappa shape index (κ2) is 5.99. The largest absolute Gasteiger partial charge is 0.506 e. The number of nitro benzene ring substituents is 1. The molecule has 0 saturated heterocycles. The minimum Gasteiger partial charge on any atom is -0.506 e. The standard InChI is InChI=1S/C16H13N3O5/c20-14-7-9(19(23)24)5-6-13(14)18-16(22)15(21)11-8-17-12-4-2-1-3-10(11)12/h1-7,11,17,20H,8H2,(H,18,22). The first-order chi connectivity index (χ1) is 11.5. The summed E-state index contributed by atoms with van der Waals surface area (Å²) in [5, 5.41) is 25.7. The second-order valence-corrected chi connectivity index (χ2v) is 5.30. The Hall–Kier alpha value is -3.42. The third-order valence-corrected chi connectivity index (χ3v) is 3.81. The molecule has 2 aromatic rings. The number of ketones is 1. The van der Waals surface area contributed by atoms with Gasteiger partial charge >= 0.3 is 0 Å². The fraction of sp³-hybridized carbons (Fsp3) is 0.125. The Kier molecular flexibility index (Phi) is 3.87. The van der Waals surface area contributed by atoms with E-state index in [1.54, 1.807) is 12.1 Å². The zero-order valence-corrected chi connectivity index (χ0v) is 12.4. The van der Waals surface area contributed by atoms with E-state index >= 15 is 0 Å². The molecule has 2 aromatic carbocycles. The SMILES string of the molecule is O=C(Nc1ccc([N+](=O)[O-])cc1O)C(=O)C1CNc2ccccc21. The maximum Gasteiger partial charge on any atom is 0.292 e. The van der Waals surface area contributed by atoms with Crippen LogP contribution in [0.1, 0.15) is 11.5 Å². The number of nitro groups is 1. The molecule has 3 N–H and O–H groups in total. The Morgan fingerprint density at radius 1 is 1.25 bits per heavy atom. The topological polar surface area (TPSA) is 122 Å². The second-order valence-electron chi connectivity index (χ2n) is 5.30. The Bertz CT molecular complexity index is 849. The van der Waals surface area contributed by atoms with Crippen molar-refractivity contribution in [2.75, 3.05) is 17.2 Å². The number of rotatable bonds is 4. The number of carbonyl (C=O) groups is 2. The number of hydrogen-bond acceptors (Lipinski definition) is 6. The smallest absolute Gasteiger partial charge is 0.292 e. The predicted octanol–water partition coefficient (Wildman–Crippen LogP) is 2.02. The Balaban J connectivity index is 1.76. The number of phenols is 1. The molecule has 1 aliphatic heterocycles. The quantitative estimate of drug-likeness (QED) is 0.342. The van der Waals surface area contributed by atoms with E-state index in [0.29, 0.717) is 6.54 Å². The third kappa shape index (κ3) is 2.76. The molecule has 122 valence electrons. The molecule has 0 fully saturated rings. The van der Waals surface area contributed by atoms with Gasteiger partial charge in [0.05, 0.1) is 22.6 Å². The van der Waals surface area contributed by atoms with Gasteiger partial charge in [-0.15, -0.1) is 0 Å². The van der Waals surface area contributed by atoms with Gasteiger partial charge in [0, 0.05) is 18.3 Å². The van der Waals surface area contributed by atoms with Crippen LogP contribution >= 0.6 is 0 Å². The molecule has 8 nitrogen and oxygen atoms in total. The van der Waals surface area contributed by atoms with Gasteiger partial charge in [0.2, 0.25) is 5.78 Å². The molecule has 8 heteroatoms. The molecule has 1 unspecified atom stereocenters. The lowest BCUT2D eigenvalue weighted by atomic mass is 9.96. The first-order valence-electron chi connectivity index (χ1n) is 7.13. The summed E-state index contributed by atoms with van der Waals surface area (Å²) in [6.45, 7) is 0.317. The van der Waals surface area contributed by atoms with Crippen LogP contribution in [-0.2, 0) is 9.59 Å². The molecule has 0 saturated carbocycles. The number of phenolic OH excluding ortho intramolecular Hbond substituents is 1. The fourth-order valence-electron chi connectivity index (χ4n) is 2.60. The highest BCUT2D eigenvalue weighted by molar-refractivity contribution is 6.43. The van der Waals surface area contributed by atoms with Crippen LogP contribution in [0.15, 0.2) is 42.5 Å². The zero-order valence-electron chi connectivity index (χ0n) is 12.4. The number of carbonyl (C=O) groups excluding carboxylic acids is 2. The predicted molar refractivity (Wildman–Crippen MR) is 86.1 cm³/mol. The lowest BCUT2D eigenvalue weighted by Gasteiger charge is -2.10. The third-order valence-electron chi connectivity index (χ3n) is 3.81. The van der Waals surface area contributed by atoms with E-state index in [-0.39, 0.29) is 11.4 Å². The number of Topliss-reactive ketones (excluding diaryl/α,β-unsaturated/α-hetero) is 1. The van der Waals surface area contributed by atoms with Crippen LogP contribution in [0.2, 0.25) is 0 Å². The summed E-state index contributed by atoms with van der Waals surface area (Å²) in [5.41, 5.74) is 1.18. The number of fused-ring (bicyclic) bond motifs is 1. The van der Waals surface area contributed by atoms with E-state index in [1.807, 2.05) is 12.1 Å². The van der Waals surface area contributed by atoms with Crippen molar-refractivity contribution in [2.24, 2.45) is 0 Å². The molecule has 0 radical (unpaired) electrons. The van der Waals surface area contributed by atoms with Crippen molar-refractivity contribution in [2.45, 2.75) is 5.92 Å². The molecule has 0 spiro atoms. The van der Waals surface area contributed by atoms with Gasteiger partial charge < -0.3 is 15.7 Å². The number of nitrogens with zero attached hydrogens (tertiary/aromatic N) is 1. The molecule has 0 aromatic heterocycles. The van der Waals surface area contributed by atoms with Gasteiger partial charge in [-0.2, -0.15) is 0 Å². The lowest BCUT2D eigenvalue weighted by Crippen LogP contribution is -2.29. The van der Waals surface area contributed by atoms with Crippen molar-refractivity contribution >= 4 is 28.8 Å². The number of benzene rings is 2. The van der Waals surface area contributed by atoms with E-state index in [0.717, 1.165) is 23.4 Å². The molecule has 1 aliphatic rings. The highest BCUT2D eigenvalue weighted by atomic mass is 16.6. The van der Waals surface area contributed by atoms with Crippen LogP contribution in [0.3, 0.4) is 0 Å². The number of amides is 1. The van der Waals surface area contributed by atoms with Gasteiger partial charge in [-0.05, 0) is 17.7 Å². The maximum atomic E-state index is 12.4. The first kappa shape index (κ1) is 15.5. The molecule has 1 atom stereocenters. The highest BCUT2D eigenvalue weighted by Crippen LogP contribution is 2.32. The van der Waals surface area contributed by atoms with Crippen LogP contribution in [0.4, 0.5) is 17.1 Å². The minimum atomic E-state index is -0.886. The number of nitrogens with one attached hydrogen (secondary N) is 2. The fourth-order valence-corrected chi connectivity index (χ4v) is 2.60. The van der Waals surface area contributed by atoms with Crippen LogP contribution in [-0.4, -0.2) is 28.3 Å². The van der Waals surface area contributed by atoms with Crippen molar-refractivity contribution in [1.82, 2.24) is 0 Å². The summed E-state index contributed by atoms with van der Waals surface area (Å²) in [4.78, 5) is 34.5. The number of para-hydroxylation sites is 1. The average Bonchev–Trinajstić information content (AvgIpc) is 2.99. The van der Waals surface area contributed by atoms with Crippen molar-refractivity contribution in [3.63, 3.8) is 0 Å². The van der Waals surface area contributed by atoms with E-state index in [9.17, 15) is 24.8 Å². The summed E-state index contributed by atoms with van der Waals surface area (Å²) in [6.07, 6.45) is 0. The number of aromatic hydroxyl groups is 1. The van der Waals surface area contributed by atoms with Crippen LogP contribution in [0.25, 0.3) is 0 Å². The number of hydrogen-bond donors (Lipinski definition) is 3. The molecule has 1 heterocycles. The van der Waals surface area contributed by atoms with E-state index in [2.05, 4.69) is 10.6 Å². The summed E-state index contributed by atoms with van der Waals surface area (Å²) in [5.74, 6) is -2.62. The summed E-state index contributed by atoms with van der Waals surface area (Å²) >= 11 is 0. The lowest BCUT2D eigenvalue weighted by molar-refractivity contribution is -0.384. The molecular formula is C16H13N3O5. The average molecular weight is 327 g/mol. The Morgan fingerprint density at radius 3 is 2.71 bits per heavy atom. The molecule has 0 aliphatic carbocycles. The number of anilines is 2. The van der Waals surface area contributed by atoms with Gasteiger partial charge in [-0.25, -0.2) is 0 Å². The van der Waals surface area contributed by atoms with Gasteiger partial charge in [0.15, 0.2) is 0 Å². The minimum absolute atomic E-state index is 0.0572. The maximum absolute atomic E-state index is 12.4. The summed E-state index contributed by atoms with van der Waals surface area (Å²) in [6, 6.07) is 10.4. The normalized spacial score (nSPS) is 15.2. The van der Waals surface area contributed by atoms with Gasteiger partial charge in [0.25, 0.3) is 11.6 Å². The number of non-ortho nitro benzene ring substituents is 1. The first-order valence-corrected chi connectivity index (χ1v) is 7.13. The molecule has 3 rings (SSSR count). The van der Waals surface area contributed by atoms with E-state index < -0.39 is 28.3 Å². The van der Waals surface area contributed by atoms with Crippen molar-refractivity contribution in [3.05, 3.63) is 58.1 Å². The van der Waals surface area contributed by atoms with E-state index in [4.69, 9.17) is 0 Å². The monoisotopic (exact) mass is 327 g/mol. The van der Waals surface area contributed by atoms with Crippen LogP contribution in [0.5, 0.6) is 5.75 Å². The van der Waals surface area contributed by atoms with Gasteiger partial charge in [-0.1, -0.05) is 18.2 Å². The molecule has 24 heavy (non-hydrogen) atoms. The highest BCUT2D eigenvalue weighted by Gasteiger charge is 2.32. The van der Waals surface area contributed by atoms with Crippen LogP contribution in [0, 0.1) is 10.1 Å². The Morgan fingerprint density at radius 2 is 2.00 bits per heavy atom. The van der Waals surface area contributed by atoms with E-state index in [1.165, 1.54) is 6.07 Å². The molecule has 0 bridgehead atoms.